The molecule has 0 aliphatic carbocycles. The standard InChI is InChI=1S/C10H5Cl2F3N2/c1-4-2-3-5(11)6-7(4)16-9(10(13,14)15)17-8(6)12/h2-3H,1H3. The van der Waals surface area contributed by atoms with Crippen molar-refractivity contribution in [3.63, 3.8) is 0 Å². The predicted molar refractivity (Wildman–Crippen MR) is 59.3 cm³/mol. The summed E-state index contributed by atoms with van der Waals surface area (Å²) in [5, 5.41) is 0.168. The van der Waals surface area contributed by atoms with Crippen molar-refractivity contribution in [3.05, 3.63) is 33.7 Å². The Hall–Kier alpha value is -1.07. The normalized spacial score (nSPS) is 12.1. The molecule has 17 heavy (non-hydrogen) atoms. The fourth-order valence-electron chi connectivity index (χ4n) is 1.42. The zero-order valence-electron chi connectivity index (χ0n) is 8.44. The van der Waals surface area contributed by atoms with Crippen LogP contribution in [0.5, 0.6) is 0 Å². The zero-order valence-corrected chi connectivity index (χ0v) is 9.95. The summed E-state index contributed by atoms with van der Waals surface area (Å²) in [5.41, 5.74) is 0.670. The van der Waals surface area contributed by atoms with Crippen molar-refractivity contribution in [2.45, 2.75) is 13.1 Å². The van der Waals surface area contributed by atoms with Crippen molar-refractivity contribution < 1.29 is 13.2 Å². The molecule has 90 valence electrons. The van der Waals surface area contributed by atoms with Crippen molar-refractivity contribution in [2.75, 3.05) is 0 Å². The first-order valence-electron chi connectivity index (χ1n) is 4.50. The van der Waals surface area contributed by atoms with E-state index in [4.69, 9.17) is 23.2 Å². The van der Waals surface area contributed by atoms with Crippen LogP contribution in [-0.2, 0) is 6.18 Å². The van der Waals surface area contributed by atoms with Crippen LogP contribution in [0.1, 0.15) is 11.4 Å². The van der Waals surface area contributed by atoms with E-state index in [-0.39, 0.29) is 21.1 Å². The van der Waals surface area contributed by atoms with E-state index in [9.17, 15) is 13.2 Å². The molecule has 0 amide bonds. The summed E-state index contributed by atoms with van der Waals surface area (Å²) in [6.07, 6.45) is -4.63. The van der Waals surface area contributed by atoms with Gasteiger partial charge in [-0.25, -0.2) is 9.97 Å². The van der Waals surface area contributed by atoms with Crippen molar-refractivity contribution in [1.82, 2.24) is 9.97 Å². The Morgan fingerprint density at radius 2 is 1.76 bits per heavy atom. The third-order valence-electron chi connectivity index (χ3n) is 2.21. The molecule has 0 saturated carbocycles. The summed E-state index contributed by atoms with van der Waals surface area (Å²) in [7, 11) is 0. The van der Waals surface area contributed by atoms with Crippen LogP contribution in [0.3, 0.4) is 0 Å². The number of nitrogens with zero attached hydrogens (tertiary/aromatic N) is 2. The number of rotatable bonds is 0. The molecule has 0 fully saturated rings. The first-order valence-corrected chi connectivity index (χ1v) is 5.26. The number of fused-ring (bicyclic) bond motifs is 1. The first-order chi connectivity index (χ1) is 7.80. The van der Waals surface area contributed by atoms with E-state index < -0.39 is 12.0 Å². The van der Waals surface area contributed by atoms with Gasteiger partial charge in [0.05, 0.1) is 15.9 Å². The maximum Gasteiger partial charge on any atom is 0.451 e. The van der Waals surface area contributed by atoms with Gasteiger partial charge in [-0.2, -0.15) is 13.2 Å². The molecule has 7 heteroatoms. The summed E-state index contributed by atoms with van der Waals surface area (Å²) in [4.78, 5) is 6.68. The summed E-state index contributed by atoms with van der Waals surface area (Å²) in [6, 6.07) is 3.12. The van der Waals surface area contributed by atoms with E-state index in [0.717, 1.165) is 0 Å². The minimum Gasteiger partial charge on any atom is -0.224 e. The van der Waals surface area contributed by atoms with E-state index in [1.54, 1.807) is 19.1 Å². The van der Waals surface area contributed by atoms with E-state index in [0.29, 0.717) is 5.56 Å². The second kappa shape index (κ2) is 3.99. The van der Waals surface area contributed by atoms with Gasteiger partial charge >= 0.3 is 6.18 Å². The van der Waals surface area contributed by atoms with E-state index in [1.807, 2.05) is 0 Å². The fourth-order valence-corrected chi connectivity index (χ4v) is 1.98. The molecule has 0 unspecified atom stereocenters. The van der Waals surface area contributed by atoms with E-state index >= 15 is 0 Å². The molecule has 0 bridgehead atoms. The Morgan fingerprint density at radius 3 is 2.35 bits per heavy atom. The summed E-state index contributed by atoms with van der Waals surface area (Å²) in [6.45, 7) is 1.63. The van der Waals surface area contributed by atoms with Gasteiger partial charge in [-0.05, 0) is 18.6 Å². The molecule has 0 saturated heterocycles. The molecule has 2 nitrogen and oxygen atoms in total. The minimum atomic E-state index is -4.63. The van der Waals surface area contributed by atoms with E-state index in [2.05, 4.69) is 9.97 Å². The lowest BCUT2D eigenvalue weighted by atomic mass is 10.1. The Labute approximate surface area is 104 Å². The highest BCUT2D eigenvalue weighted by molar-refractivity contribution is 6.41. The number of aryl methyl sites for hydroxylation is 1. The van der Waals surface area contributed by atoms with Crippen LogP contribution in [0, 0.1) is 6.92 Å². The largest absolute Gasteiger partial charge is 0.451 e. The summed E-state index contributed by atoms with van der Waals surface area (Å²) in [5.74, 6) is -1.26. The van der Waals surface area contributed by atoms with Crippen molar-refractivity contribution in [3.8, 4) is 0 Å². The van der Waals surface area contributed by atoms with Crippen molar-refractivity contribution in [1.29, 1.82) is 0 Å². The number of hydrogen-bond donors (Lipinski definition) is 0. The second-order valence-corrected chi connectivity index (χ2v) is 4.19. The van der Waals surface area contributed by atoms with Crippen LogP contribution in [0.15, 0.2) is 12.1 Å². The van der Waals surface area contributed by atoms with Crippen LogP contribution in [0.4, 0.5) is 13.2 Å². The number of halogens is 5. The maximum absolute atomic E-state index is 12.5. The third-order valence-corrected chi connectivity index (χ3v) is 2.80. The van der Waals surface area contributed by atoms with Crippen LogP contribution in [0.2, 0.25) is 10.2 Å². The molecule has 1 aromatic heterocycles. The van der Waals surface area contributed by atoms with Crippen molar-refractivity contribution in [2.24, 2.45) is 0 Å². The molecule has 1 heterocycles. The molecule has 2 rings (SSSR count). The van der Waals surface area contributed by atoms with Gasteiger partial charge in [0, 0.05) is 0 Å². The lowest BCUT2D eigenvalue weighted by Gasteiger charge is -2.09. The number of aromatic nitrogens is 2. The van der Waals surface area contributed by atoms with E-state index in [1.165, 1.54) is 0 Å². The van der Waals surface area contributed by atoms with Gasteiger partial charge in [-0.1, -0.05) is 29.3 Å². The van der Waals surface area contributed by atoms with Crippen LogP contribution < -0.4 is 0 Å². The third kappa shape index (κ3) is 2.17. The highest BCUT2D eigenvalue weighted by Gasteiger charge is 2.35. The predicted octanol–water partition coefficient (Wildman–Crippen LogP) is 4.26. The number of alkyl halides is 3. The van der Waals surface area contributed by atoms with Crippen molar-refractivity contribution >= 4 is 34.1 Å². The lowest BCUT2D eigenvalue weighted by Crippen LogP contribution is -2.11. The van der Waals surface area contributed by atoms with Gasteiger partial charge in [0.1, 0.15) is 5.15 Å². The van der Waals surface area contributed by atoms with Gasteiger partial charge in [-0.15, -0.1) is 0 Å². The molecule has 0 N–H and O–H groups in total. The zero-order chi connectivity index (χ0) is 12.8. The van der Waals surface area contributed by atoms with Crippen LogP contribution in [-0.4, -0.2) is 9.97 Å². The summed E-state index contributed by atoms with van der Waals surface area (Å²) < 4.78 is 37.5. The Morgan fingerprint density at radius 1 is 1.12 bits per heavy atom. The Balaban J connectivity index is 2.87. The molecule has 0 radical (unpaired) electrons. The maximum atomic E-state index is 12.5. The SMILES string of the molecule is Cc1ccc(Cl)c2c(Cl)nc(C(F)(F)F)nc12. The monoisotopic (exact) mass is 280 g/mol. The highest BCUT2D eigenvalue weighted by Crippen LogP contribution is 2.34. The fraction of sp³-hybridized carbons (Fsp3) is 0.200. The molecule has 0 aliphatic rings. The molecule has 0 aliphatic heterocycles. The molecular weight excluding hydrogens is 276 g/mol. The van der Waals surface area contributed by atoms with Gasteiger partial charge in [0.15, 0.2) is 0 Å². The minimum absolute atomic E-state index is 0.116. The first kappa shape index (κ1) is 12.4. The van der Waals surface area contributed by atoms with Crippen LogP contribution in [0.25, 0.3) is 10.9 Å². The molecule has 0 atom stereocenters. The molecular formula is C10H5Cl2F3N2. The van der Waals surface area contributed by atoms with Gasteiger partial charge in [-0.3, -0.25) is 0 Å². The Bertz CT molecular complexity index is 596. The topological polar surface area (TPSA) is 25.8 Å². The molecule has 2 aromatic rings. The second-order valence-electron chi connectivity index (χ2n) is 3.42. The number of hydrogen-bond acceptors (Lipinski definition) is 2. The lowest BCUT2D eigenvalue weighted by molar-refractivity contribution is -0.144. The Kier molecular flexibility index (Phi) is 2.91. The number of benzene rings is 1. The van der Waals surface area contributed by atoms with Crippen LogP contribution >= 0.6 is 23.2 Å². The van der Waals surface area contributed by atoms with Gasteiger partial charge in [0.2, 0.25) is 5.82 Å². The smallest absolute Gasteiger partial charge is 0.224 e. The quantitative estimate of drug-likeness (QED) is 0.674. The average Bonchev–Trinajstić information content (AvgIpc) is 2.21. The molecule has 0 spiro atoms. The van der Waals surface area contributed by atoms with Gasteiger partial charge in [0.25, 0.3) is 0 Å². The average molecular weight is 281 g/mol. The summed E-state index contributed by atoms with van der Waals surface area (Å²) >= 11 is 11.6. The highest BCUT2D eigenvalue weighted by atomic mass is 35.5. The van der Waals surface area contributed by atoms with Gasteiger partial charge < -0.3 is 0 Å². The molecule has 1 aromatic carbocycles.